The third-order valence-electron chi connectivity index (χ3n) is 9.14. The normalized spacial score (nSPS) is 28.8. The van der Waals surface area contributed by atoms with Crippen LogP contribution in [0.25, 0.3) is 10.9 Å². The first kappa shape index (κ1) is 23.2. The number of hydrogen-bond donors (Lipinski definition) is 1. The van der Waals surface area contributed by atoms with E-state index >= 15 is 0 Å². The molecule has 1 N–H and O–H groups in total. The molecule has 0 saturated heterocycles. The number of nitrogens with one attached hydrogen (secondary N) is 1. The van der Waals surface area contributed by atoms with Gasteiger partial charge in [0.05, 0.1) is 17.8 Å². The van der Waals surface area contributed by atoms with Gasteiger partial charge in [-0.05, 0) is 80.2 Å². The summed E-state index contributed by atoms with van der Waals surface area (Å²) in [7, 11) is -3.77. The van der Waals surface area contributed by atoms with Gasteiger partial charge in [-0.1, -0.05) is 18.2 Å². The molecule has 0 radical (unpaired) electrons. The molecular formula is C28H31N5O3S. The maximum absolute atomic E-state index is 13.6. The van der Waals surface area contributed by atoms with Gasteiger partial charge in [-0.15, -0.1) is 0 Å². The molecule has 0 spiro atoms. The first-order valence-electron chi connectivity index (χ1n) is 13.4. The van der Waals surface area contributed by atoms with E-state index in [2.05, 4.69) is 20.3 Å². The monoisotopic (exact) mass is 517 g/mol. The molecule has 4 aliphatic carbocycles. The Bertz CT molecular complexity index is 1460. The van der Waals surface area contributed by atoms with Crippen molar-refractivity contribution >= 4 is 32.7 Å². The molecule has 192 valence electrons. The van der Waals surface area contributed by atoms with Gasteiger partial charge >= 0.3 is 0 Å². The fourth-order valence-electron chi connectivity index (χ4n) is 8.09. The van der Waals surface area contributed by atoms with Crippen molar-refractivity contribution in [3.8, 4) is 0 Å². The minimum Gasteiger partial charge on any atom is -0.310 e. The summed E-state index contributed by atoms with van der Waals surface area (Å²) in [5.41, 5.74) is 2.10. The fraction of sp³-hybridized carbons (Fsp3) is 0.500. The summed E-state index contributed by atoms with van der Waals surface area (Å²) in [6.45, 7) is 0.436. The summed E-state index contributed by atoms with van der Waals surface area (Å²) >= 11 is 0. The van der Waals surface area contributed by atoms with E-state index in [4.69, 9.17) is 0 Å². The average Bonchev–Trinajstić information content (AvgIpc) is 2.87. The molecule has 0 atom stereocenters. The van der Waals surface area contributed by atoms with Crippen LogP contribution in [0, 0.1) is 23.2 Å². The van der Waals surface area contributed by atoms with Crippen LogP contribution in [0.4, 0.5) is 5.82 Å². The Kier molecular flexibility index (Phi) is 5.37. The van der Waals surface area contributed by atoms with Crippen molar-refractivity contribution in [1.29, 1.82) is 0 Å². The van der Waals surface area contributed by atoms with Gasteiger partial charge in [-0.25, -0.2) is 18.4 Å². The molecule has 4 bridgehead atoms. The standard InChI is InChI=1S/C28H31N5O3S/c34-25(15-28-12-18-9-19(13-28)11-20(10-18)14-28)32-27-22-6-8-33(16-23(22)30-17-31-27)37(35,36)24-5-1-3-21-4-2-7-29-26(21)24/h1-5,7,17-20H,6,8-16H2,(H,30,31,32,34). The van der Waals surface area contributed by atoms with Crippen LogP contribution in [0.3, 0.4) is 0 Å². The number of benzene rings is 1. The van der Waals surface area contributed by atoms with Crippen LogP contribution in [0.2, 0.25) is 0 Å². The molecule has 37 heavy (non-hydrogen) atoms. The predicted molar refractivity (Wildman–Crippen MR) is 139 cm³/mol. The van der Waals surface area contributed by atoms with E-state index < -0.39 is 10.0 Å². The minimum absolute atomic E-state index is 0.0275. The number of pyridine rings is 1. The minimum atomic E-state index is -3.77. The maximum Gasteiger partial charge on any atom is 0.245 e. The van der Waals surface area contributed by atoms with E-state index in [0.29, 0.717) is 36.4 Å². The van der Waals surface area contributed by atoms with E-state index in [-0.39, 0.29) is 22.8 Å². The number of aromatic nitrogens is 3. The molecule has 8 nitrogen and oxygen atoms in total. The number of carbonyl (C=O) groups excluding carboxylic acids is 1. The summed E-state index contributed by atoms with van der Waals surface area (Å²) in [4.78, 5) is 26.6. The molecule has 1 aliphatic heterocycles. The number of nitrogens with zero attached hydrogens (tertiary/aromatic N) is 4. The molecule has 3 aromatic rings. The Hall–Kier alpha value is -2.91. The van der Waals surface area contributed by atoms with Crippen LogP contribution >= 0.6 is 0 Å². The Balaban J connectivity index is 1.10. The molecule has 4 saturated carbocycles. The first-order chi connectivity index (χ1) is 17.9. The van der Waals surface area contributed by atoms with E-state index in [1.54, 1.807) is 24.4 Å². The second-order valence-corrected chi connectivity index (χ2v) is 13.6. The highest BCUT2D eigenvalue weighted by molar-refractivity contribution is 7.89. The van der Waals surface area contributed by atoms with Gasteiger partial charge < -0.3 is 5.32 Å². The van der Waals surface area contributed by atoms with Gasteiger partial charge in [-0.2, -0.15) is 4.31 Å². The highest BCUT2D eigenvalue weighted by Gasteiger charge is 2.51. The quantitative estimate of drug-likeness (QED) is 0.541. The predicted octanol–water partition coefficient (Wildman–Crippen LogP) is 4.32. The Morgan fingerprint density at radius 1 is 1.00 bits per heavy atom. The highest BCUT2D eigenvalue weighted by Crippen LogP contribution is 2.61. The second kappa shape index (κ2) is 8.56. The van der Waals surface area contributed by atoms with Crippen molar-refractivity contribution in [2.75, 3.05) is 11.9 Å². The van der Waals surface area contributed by atoms with Crippen LogP contribution in [0.5, 0.6) is 0 Å². The molecule has 8 rings (SSSR count). The van der Waals surface area contributed by atoms with Crippen molar-refractivity contribution in [2.24, 2.45) is 23.2 Å². The summed E-state index contributed by atoms with van der Waals surface area (Å²) in [6.07, 6.45) is 11.7. The average molecular weight is 518 g/mol. The SMILES string of the molecule is O=C(CC12CC3CC(CC(C3)C1)C2)Nc1ncnc2c1CCN(S(=O)(=O)c1cccc3cccnc13)C2. The number of sulfonamides is 1. The Labute approximate surface area is 217 Å². The first-order valence-corrected chi connectivity index (χ1v) is 14.8. The fourth-order valence-corrected chi connectivity index (χ4v) is 9.66. The largest absolute Gasteiger partial charge is 0.310 e. The van der Waals surface area contributed by atoms with E-state index in [1.807, 2.05) is 12.1 Å². The molecule has 0 unspecified atom stereocenters. The highest BCUT2D eigenvalue weighted by atomic mass is 32.2. The molecule has 2 aromatic heterocycles. The van der Waals surface area contributed by atoms with Gasteiger partial charge in [0, 0.05) is 30.1 Å². The molecule has 1 amide bonds. The molecule has 4 fully saturated rings. The van der Waals surface area contributed by atoms with Crippen LogP contribution in [0.1, 0.15) is 56.2 Å². The molecule has 1 aromatic carbocycles. The van der Waals surface area contributed by atoms with Gasteiger partial charge in [0.25, 0.3) is 0 Å². The van der Waals surface area contributed by atoms with Gasteiger partial charge in [0.2, 0.25) is 15.9 Å². The zero-order valence-electron chi connectivity index (χ0n) is 20.8. The van der Waals surface area contributed by atoms with Crippen molar-refractivity contribution in [1.82, 2.24) is 19.3 Å². The van der Waals surface area contributed by atoms with Crippen molar-refractivity contribution < 1.29 is 13.2 Å². The number of hydrogen-bond acceptors (Lipinski definition) is 6. The van der Waals surface area contributed by atoms with Gasteiger partial charge in [-0.3, -0.25) is 9.78 Å². The lowest BCUT2D eigenvalue weighted by atomic mass is 9.49. The third-order valence-corrected chi connectivity index (χ3v) is 11.0. The number of para-hydroxylation sites is 1. The number of anilines is 1. The topological polar surface area (TPSA) is 105 Å². The van der Waals surface area contributed by atoms with Gasteiger partial charge in [0.1, 0.15) is 17.0 Å². The van der Waals surface area contributed by atoms with E-state index in [1.165, 1.54) is 49.2 Å². The van der Waals surface area contributed by atoms with Crippen molar-refractivity contribution in [3.63, 3.8) is 0 Å². The summed E-state index contributed by atoms with van der Waals surface area (Å²) < 4.78 is 28.6. The maximum atomic E-state index is 13.6. The summed E-state index contributed by atoms with van der Waals surface area (Å²) in [5, 5.41) is 3.87. The number of fused-ring (bicyclic) bond motifs is 2. The number of amides is 1. The summed E-state index contributed by atoms with van der Waals surface area (Å²) in [5.74, 6) is 2.96. The lowest BCUT2D eigenvalue weighted by Gasteiger charge is -2.56. The zero-order chi connectivity index (χ0) is 25.2. The molecular weight excluding hydrogens is 486 g/mol. The van der Waals surface area contributed by atoms with E-state index in [0.717, 1.165) is 28.7 Å². The molecule has 5 aliphatic rings. The van der Waals surface area contributed by atoms with Gasteiger partial charge in [0.15, 0.2) is 0 Å². The lowest BCUT2D eigenvalue weighted by Crippen LogP contribution is -2.47. The zero-order valence-corrected chi connectivity index (χ0v) is 21.6. The molecule has 3 heterocycles. The van der Waals surface area contributed by atoms with Crippen LogP contribution in [0.15, 0.2) is 47.8 Å². The van der Waals surface area contributed by atoms with Crippen LogP contribution in [-0.4, -0.2) is 40.1 Å². The third kappa shape index (κ3) is 4.03. The van der Waals surface area contributed by atoms with Crippen LogP contribution in [-0.2, 0) is 27.8 Å². The number of carbonyl (C=O) groups is 1. The smallest absolute Gasteiger partial charge is 0.245 e. The van der Waals surface area contributed by atoms with Crippen LogP contribution < -0.4 is 5.32 Å². The second-order valence-electron chi connectivity index (χ2n) is 11.7. The lowest BCUT2D eigenvalue weighted by molar-refractivity contribution is -0.124. The Morgan fingerprint density at radius 3 is 2.49 bits per heavy atom. The number of rotatable bonds is 5. The molecule has 9 heteroatoms. The summed E-state index contributed by atoms with van der Waals surface area (Å²) in [6, 6.07) is 8.87. The van der Waals surface area contributed by atoms with E-state index in [9.17, 15) is 13.2 Å². The van der Waals surface area contributed by atoms with Crippen molar-refractivity contribution in [3.05, 3.63) is 54.1 Å². The Morgan fingerprint density at radius 2 is 1.73 bits per heavy atom. The van der Waals surface area contributed by atoms with Crippen molar-refractivity contribution in [2.45, 2.75) is 62.8 Å².